The van der Waals surface area contributed by atoms with E-state index in [-0.39, 0.29) is 4.90 Å². The highest BCUT2D eigenvalue weighted by atomic mass is 32.2. The van der Waals surface area contributed by atoms with Gasteiger partial charge in [-0.25, -0.2) is 8.42 Å². The van der Waals surface area contributed by atoms with E-state index in [4.69, 9.17) is 0 Å². The van der Waals surface area contributed by atoms with Gasteiger partial charge in [-0.05, 0) is 57.4 Å². The lowest BCUT2D eigenvalue weighted by Gasteiger charge is -2.28. The Morgan fingerprint density at radius 2 is 1.50 bits per heavy atom. The third-order valence-corrected chi connectivity index (χ3v) is 7.82. The van der Waals surface area contributed by atoms with Crippen LogP contribution in [-0.4, -0.2) is 19.1 Å². The van der Waals surface area contributed by atoms with Crippen molar-refractivity contribution in [2.75, 3.05) is 5.32 Å². The summed E-state index contributed by atoms with van der Waals surface area (Å²) in [5, 5.41) is 2.89. The topological polar surface area (TPSA) is 63.2 Å². The second-order valence-corrected chi connectivity index (χ2v) is 9.55. The van der Waals surface area contributed by atoms with Gasteiger partial charge in [0.15, 0.2) is 14.6 Å². The van der Waals surface area contributed by atoms with Gasteiger partial charge in [-0.3, -0.25) is 4.79 Å². The molecule has 0 heterocycles. The van der Waals surface area contributed by atoms with Gasteiger partial charge in [0.2, 0.25) is 5.91 Å². The first-order chi connectivity index (χ1) is 12.3. The molecule has 138 valence electrons. The van der Waals surface area contributed by atoms with Crippen LogP contribution in [0.3, 0.4) is 0 Å². The van der Waals surface area contributed by atoms with Crippen molar-refractivity contribution in [2.24, 2.45) is 0 Å². The van der Waals surface area contributed by atoms with Crippen molar-refractivity contribution in [3.8, 4) is 0 Å². The predicted molar refractivity (Wildman–Crippen MR) is 104 cm³/mol. The van der Waals surface area contributed by atoms with E-state index in [0.29, 0.717) is 18.5 Å². The molecule has 1 amide bonds. The van der Waals surface area contributed by atoms with E-state index < -0.39 is 20.5 Å². The van der Waals surface area contributed by atoms with Gasteiger partial charge in [0, 0.05) is 5.69 Å². The number of carbonyl (C=O) groups is 1. The lowest BCUT2D eigenvalue weighted by atomic mass is 10.1. The second kappa shape index (κ2) is 6.88. The molecular weight excluding hydrogens is 346 g/mol. The highest BCUT2D eigenvalue weighted by Gasteiger charge is 2.53. The molecule has 1 N–H and O–H groups in total. The van der Waals surface area contributed by atoms with Crippen LogP contribution < -0.4 is 5.32 Å². The van der Waals surface area contributed by atoms with Gasteiger partial charge in [-0.15, -0.1) is 0 Å². The Hall–Kier alpha value is -2.14. The Bertz CT molecular complexity index is 924. The fourth-order valence-electron chi connectivity index (χ4n) is 3.70. The Morgan fingerprint density at radius 1 is 0.923 bits per heavy atom. The molecule has 26 heavy (non-hydrogen) atoms. The number of amides is 1. The number of nitrogens with one attached hydrogen (secondary N) is 1. The van der Waals surface area contributed by atoms with Crippen molar-refractivity contribution in [1.82, 2.24) is 0 Å². The van der Waals surface area contributed by atoms with Crippen LogP contribution in [0.5, 0.6) is 0 Å². The molecule has 0 unspecified atom stereocenters. The number of aryl methyl sites for hydroxylation is 3. The summed E-state index contributed by atoms with van der Waals surface area (Å²) in [6.07, 6.45) is 2.21. The lowest BCUT2D eigenvalue weighted by Crippen LogP contribution is -2.47. The second-order valence-electron chi connectivity index (χ2n) is 7.29. The number of anilines is 1. The van der Waals surface area contributed by atoms with Crippen LogP contribution in [0.1, 0.15) is 42.4 Å². The van der Waals surface area contributed by atoms with Crippen molar-refractivity contribution in [3.05, 3.63) is 59.2 Å². The number of benzene rings is 2. The smallest absolute Gasteiger partial charge is 0.246 e. The largest absolute Gasteiger partial charge is 0.324 e. The zero-order valence-corrected chi connectivity index (χ0v) is 16.3. The molecule has 0 radical (unpaired) electrons. The van der Waals surface area contributed by atoms with E-state index in [1.165, 1.54) is 0 Å². The van der Waals surface area contributed by atoms with Crippen molar-refractivity contribution in [2.45, 2.75) is 56.1 Å². The maximum absolute atomic E-state index is 13.4. The molecule has 4 nitrogen and oxygen atoms in total. The Balaban J connectivity index is 1.99. The molecule has 1 aliphatic carbocycles. The van der Waals surface area contributed by atoms with E-state index in [1.54, 1.807) is 24.3 Å². The SMILES string of the molecule is Cc1ccc(S(=O)(=O)C2(C(=O)Nc3ccc(C)cc3C)CCCC2)cc1. The molecular formula is C21H25NO3S. The summed E-state index contributed by atoms with van der Waals surface area (Å²) >= 11 is 0. The van der Waals surface area contributed by atoms with Crippen LogP contribution in [0.15, 0.2) is 47.4 Å². The van der Waals surface area contributed by atoms with E-state index >= 15 is 0 Å². The van der Waals surface area contributed by atoms with Gasteiger partial charge in [-0.2, -0.15) is 0 Å². The molecule has 1 fully saturated rings. The highest BCUT2D eigenvalue weighted by Crippen LogP contribution is 2.41. The quantitative estimate of drug-likeness (QED) is 0.870. The summed E-state index contributed by atoms with van der Waals surface area (Å²) in [5.41, 5.74) is 3.69. The molecule has 3 rings (SSSR count). The summed E-state index contributed by atoms with van der Waals surface area (Å²) in [7, 11) is -3.77. The first-order valence-corrected chi connectivity index (χ1v) is 10.4. The summed E-state index contributed by atoms with van der Waals surface area (Å²) in [5.74, 6) is -0.414. The molecule has 0 saturated heterocycles. The Morgan fingerprint density at radius 3 is 2.08 bits per heavy atom. The minimum absolute atomic E-state index is 0.223. The number of carbonyl (C=O) groups excluding carboxylic acids is 1. The van der Waals surface area contributed by atoms with Crippen molar-refractivity contribution in [3.63, 3.8) is 0 Å². The average Bonchev–Trinajstić information content (AvgIpc) is 3.09. The van der Waals surface area contributed by atoms with Crippen LogP contribution in [0.2, 0.25) is 0 Å². The van der Waals surface area contributed by atoms with Crippen LogP contribution >= 0.6 is 0 Å². The number of hydrogen-bond donors (Lipinski definition) is 1. The van der Waals surface area contributed by atoms with Gasteiger partial charge >= 0.3 is 0 Å². The number of sulfone groups is 1. The summed E-state index contributed by atoms with van der Waals surface area (Å²) in [6, 6.07) is 12.5. The van der Waals surface area contributed by atoms with Crippen LogP contribution in [0, 0.1) is 20.8 Å². The predicted octanol–water partition coefficient (Wildman–Crippen LogP) is 4.34. The number of hydrogen-bond acceptors (Lipinski definition) is 3. The summed E-state index contributed by atoms with van der Waals surface area (Å²) in [6.45, 7) is 5.81. The monoisotopic (exact) mass is 371 g/mol. The van der Waals surface area contributed by atoms with E-state index in [0.717, 1.165) is 29.5 Å². The van der Waals surface area contributed by atoms with E-state index in [2.05, 4.69) is 5.32 Å². The zero-order valence-electron chi connectivity index (χ0n) is 15.5. The van der Waals surface area contributed by atoms with Crippen LogP contribution in [0.25, 0.3) is 0 Å². The standard InChI is InChI=1S/C21H25NO3S/c1-15-6-9-18(10-7-15)26(24,25)21(12-4-5-13-21)20(23)22-19-11-8-16(2)14-17(19)3/h6-11,14H,4-5,12-13H2,1-3H3,(H,22,23). The Labute approximate surface area is 155 Å². The maximum Gasteiger partial charge on any atom is 0.246 e. The molecule has 1 aliphatic rings. The minimum atomic E-state index is -3.77. The molecule has 2 aromatic carbocycles. The van der Waals surface area contributed by atoms with Crippen molar-refractivity contribution >= 4 is 21.4 Å². The van der Waals surface area contributed by atoms with Gasteiger partial charge in [0.05, 0.1) is 4.90 Å². The molecule has 1 saturated carbocycles. The average molecular weight is 372 g/mol. The van der Waals surface area contributed by atoms with Gasteiger partial charge in [0.1, 0.15) is 0 Å². The Kier molecular flexibility index (Phi) is 4.93. The first-order valence-electron chi connectivity index (χ1n) is 8.96. The van der Waals surface area contributed by atoms with Gasteiger partial charge in [0.25, 0.3) is 0 Å². The van der Waals surface area contributed by atoms with E-state index in [1.807, 2.05) is 39.0 Å². The fourth-order valence-corrected chi connectivity index (χ4v) is 5.76. The van der Waals surface area contributed by atoms with Crippen LogP contribution in [0.4, 0.5) is 5.69 Å². The molecule has 5 heteroatoms. The molecule has 0 bridgehead atoms. The molecule has 0 aromatic heterocycles. The fraction of sp³-hybridized carbons (Fsp3) is 0.381. The molecule has 0 spiro atoms. The van der Waals surface area contributed by atoms with Crippen molar-refractivity contribution < 1.29 is 13.2 Å². The maximum atomic E-state index is 13.4. The summed E-state index contributed by atoms with van der Waals surface area (Å²) < 4.78 is 25.4. The third-order valence-electron chi connectivity index (χ3n) is 5.30. The third kappa shape index (κ3) is 3.16. The minimum Gasteiger partial charge on any atom is -0.324 e. The molecule has 0 atom stereocenters. The first kappa shape index (κ1) is 18.6. The number of rotatable bonds is 4. The lowest BCUT2D eigenvalue weighted by molar-refractivity contribution is -0.118. The van der Waals surface area contributed by atoms with E-state index in [9.17, 15) is 13.2 Å². The zero-order chi connectivity index (χ0) is 18.9. The van der Waals surface area contributed by atoms with Gasteiger partial charge in [-0.1, -0.05) is 48.2 Å². The molecule has 2 aromatic rings. The van der Waals surface area contributed by atoms with Crippen LogP contribution in [-0.2, 0) is 14.6 Å². The van der Waals surface area contributed by atoms with Gasteiger partial charge < -0.3 is 5.32 Å². The highest BCUT2D eigenvalue weighted by molar-refractivity contribution is 7.93. The normalized spacial score (nSPS) is 16.4. The van der Waals surface area contributed by atoms with Crippen molar-refractivity contribution in [1.29, 1.82) is 0 Å². The summed E-state index contributed by atoms with van der Waals surface area (Å²) in [4.78, 5) is 13.4. The molecule has 0 aliphatic heterocycles.